The van der Waals surface area contributed by atoms with Gasteiger partial charge in [0.05, 0.1) is 5.41 Å². The molecule has 0 saturated heterocycles. The highest BCUT2D eigenvalue weighted by Gasteiger charge is 2.53. The zero-order chi connectivity index (χ0) is 36.5. The van der Waals surface area contributed by atoms with Crippen LogP contribution in [0.5, 0.6) is 11.5 Å². The van der Waals surface area contributed by atoms with Crippen molar-refractivity contribution in [3.63, 3.8) is 0 Å². The van der Waals surface area contributed by atoms with Crippen molar-refractivity contribution in [2.45, 2.75) is 5.41 Å². The summed E-state index contributed by atoms with van der Waals surface area (Å²) >= 11 is 0. The van der Waals surface area contributed by atoms with E-state index in [2.05, 4.69) is 194 Å². The second-order valence-corrected chi connectivity index (χ2v) is 15.5. The van der Waals surface area contributed by atoms with Crippen molar-refractivity contribution in [2.75, 3.05) is 0 Å². The van der Waals surface area contributed by atoms with E-state index in [9.17, 15) is 0 Å². The third-order valence-electron chi connectivity index (χ3n) is 12.8. The Morgan fingerprint density at radius 2 is 0.929 bits per heavy atom. The van der Waals surface area contributed by atoms with Crippen LogP contribution in [-0.2, 0) is 5.41 Å². The Balaban J connectivity index is 1.14. The lowest BCUT2D eigenvalue weighted by Gasteiger charge is -2.32. The Kier molecular flexibility index (Phi) is 5.89. The largest absolute Gasteiger partial charge is 0.456 e. The third kappa shape index (κ3) is 3.79. The summed E-state index contributed by atoms with van der Waals surface area (Å²) in [5, 5.41) is 7.45. The van der Waals surface area contributed by atoms with Crippen molar-refractivity contribution in [3.8, 4) is 67.1 Å². The van der Waals surface area contributed by atoms with Gasteiger partial charge in [-0.1, -0.05) is 164 Å². The van der Waals surface area contributed by atoms with Gasteiger partial charge in [0.1, 0.15) is 11.5 Å². The number of fused-ring (bicyclic) bond motifs is 15. The summed E-state index contributed by atoms with van der Waals surface area (Å²) in [6.45, 7) is 0. The van der Waals surface area contributed by atoms with E-state index in [0.29, 0.717) is 0 Å². The average molecular weight is 709 g/mol. The SMILES string of the molecule is c1ccc2c(c1)-c1ccccc1C21c2cc(-c3ccc4c(c3)-c3cccc5cccc(c35)O4)ccc2-c2c(-c3cccc4ccccc34)cc3ccccc3c21. The molecule has 0 atom stereocenters. The normalized spacial score (nSPS) is 13.6. The molecule has 0 fully saturated rings. The average Bonchev–Trinajstić information content (AvgIpc) is 3.74. The molecule has 10 aromatic carbocycles. The Bertz CT molecular complexity index is 3290. The summed E-state index contributed by atoms with van der Waals surface area (Å²) in [6.07, 6.45) is 0. The molecule has 0 aromatic heterocycles. The minimum atomic E-state index is -0.518. The molecule has 0 bridgehead atoms. The maximum Gasteiger partial charge on any atom is 0.135 e. The van der Waals surface area contributed by atoms with Crippen LogP contribution in [0, 0.1) is 0 Å². The standard InChI is InChI=1S/C55H32O/c1-3-17-38-33(12-1)14-9-21-40(38)46-31-37-13-2-4-18-39(37)54-53(46)44-28-26-36(32-49(44)55(54)47-23-7-5-19-41(47)42-20-6-8-24-48(42)55)35-27-29-50-45(30-35)43-22-10-15-34-16-11-25-51(56-50)52(34)43/h1-32H. The van der Waals surface area contributed by atoms with Crippen LogP contribution in [0.4, 0.5) is 0 Å². The molecule has 1 spiro atoms. The van der Waals surface area contributed by atoms with E-state index < -0.39 is 5.41 Å². The highest BCUT2D eigenvalue weighted by Crippen LogP contribution is 2.66. The van der Waals surface area contributed by atoms with Gasteiger partial charge in [-0.25, -0.2) is 0 Å². The molecule has 2 aliphatic carbocycles. The molecule has 1 nitrogen and oxygen atoms in total. The molecule has 1 aliphatic heterocycles. The van der Waals surface area contributed by atoms with Gasteiger partial charge < -0.3 is 4.74 Å². The van der Waals surface area contributed by atoms with E-state index in [-0.39, 0.29) is 0 Å². The number of hydrogen-bond acceptors (Lipinski definition) is 1. The minimum Gasteiger partial charge on any atom is -0.456 e. The maximum absolute atomic E-state index is 6.54. The van der Waals surface area contributed by atoms with Crippen molar-refractivity contribution in [2.24, 2.45) is 0 Å². The third-order valence-corrected chi connectivity index (χ3v) is 12.8. The second kappa shape index (κ2) is 10.9. The smallest absolute Gasteiger partial charge is 0.135 e. The van der Waals surface area contributed by atoms with E-state index in [4.69, 9.17) is 4.74 Å². The quantitative estimate of drug-likeness (QED) is 0.174. The Morgan fingerprint density at radius 1 is 0.321 bits per heavy atom. The maximum atomic E-state index is 6.54. The summed E-state index contributed by atoms with van der Waals surface area (Å²) in [7, 11) is 0. The van der Waals surface area contributed by atoms with E-state index >= 15 is 0 Å². The summed E-state index contributed by atoms with van der Waals surface area (Å²) < 4.78 is 6.54. The molecular weight excluding hydrogens is 677 g/mol. The Labute approximate surface area is 324 Å². The van der Waals surface area contributed by atoms with Crippen molar-refractivity contribution < 1.29 is 4.74 Å². The van der Waals surface area contributed by atoms with Gasteiger partial charge in [-0.2, -0.15) is 0 Å². The van der Waals surface area contributed by atoms with Crippen LogP contribution in [0.1, 0.15) is 22.3 Å². The monoisotopic (exact) mass is 708 g/mol. The first-order valence-corrected chi connectivity index (χ1v) is 19.5. The van der Waals surface area contributed by atoms with E-state index in [0.717, 1.165) is 17.1 Å². The Morgan fingerprint density at radius 3 is 1.75 bits per heavy atom. The molecule has 10 aromatic rings. The summed E-state index contributed by atoms with van der Waals surface area (Å²) in [5.41, 5.74) is 17.4. The van der Waals surface area contributed by atoms with Gasteiger partial charge in [-0.15, -0.1) is 0 Å². The van der Waals surface area contributed by atoms with Gasteiger partial charge in [-0.05, 0) is 130 Å². The zero-order valence-electron chi connectivity index (χ0n) is 30.4. The summed E-state index contributed by atoms with van der Waals surface area (Å²) in [5.74, 6) is 1.82. The molecule has 0 N–H and O–H groups in total. The van der Waals surface area contributed by atoms with E-state index in [1.54, 1.807) is 0 Å². The van der Waals surface area contributed by atoms with Crippen LogP contribution < -0.4 is 4.74 Å². The van der Waals surface area contributed by atoms with Crippen molar-refractivity contribution in [1.82, 2.24) is 0 Å². The number of ether oxygens (including phenoxy) is 1. The highest BCUT2D eigenvalue weighted by molar-refractivity contribution is 6.12. The van der Waals surface area contributed by atoms with E-state index in [1.807, 2.05) is 0 Å². The van der Waals surface area contributed by atoms with Gasteiger partial charge in [-0.3, -0.25) is 0 Å². The number of rotatable bonds is 2. The molecule has 1 heterocycles. The van der Waals surface area contributed by atoms with Gasteiger partial charge in [0.15, 0.2) is 0 Å². The molecular formula is C55H32O. The fourth-order valence-corrected chi connectivity index (χ4v) is 10.6. The fourth-order valence-electron chi connectivity index (χ4n) is 10.6. The van der Waals surface area contributed by atoms with Crippen LogP contribution in [0.3, 0.4) is 0 Å². The first kappa shape index (κ1) is 30.1. The van der Waals surface area contributed by atoms with Crippen molar-refractivity contribution in [1.29, 1.82) is 0 Å². The van der Waals surface area contributed by atoms with Gasteiger partial charge in [0, 0.05) is 10.9 Å². The molecule has 13 rings (SSSR count). The van der Waals surface area contributed by atoms with Crippen LogP contribution in [0.15, 0.2) is 194 Å². The first-order valence-electron chi connectivity index (χ1n) is 19.5. The van der Waals surface area contributed by atoms with Gasteiger partial charge >= 0.3 is 0 Å². The molecule has 0 saturated carbocycles. The lowest BCUT2D eigenvalue weighted by molar-refractivity contribution is 0.487. The van der Waals surface area contributed by atoms with Crippen molar-refractivity contribution in [3.05, 3.63) is 216 Å². The van der Waals surface area contributed by atoms with Crippen LogP contribution in [0.2, 0.25) is 0 Å². The van der Waals surface area contributed by atoms with Crippen LogP contribution >= 0.6 is 0 Å². The lowest BCUT2D eigenvalue weighted by atomic mass is 9.68. The molecule has 0 unspecified atom stereocenters. The fraction of sp³-hybridized carbons (Fsp3) is 0.0182. The molecule has 3 aliphatic rings. The molecule has 56 heavy (non-hydrogen) atoms. The molecule has 0 amide bonds. The molecule has 0 radical (unpaired) electrons. The predicted octanol–water partition coefficient (Wildman–Crippen LogP) is 14.6. The number of hydrogen-bond donors (Lipinski definition) is 0. The van der Waals surface area contributed by atoms with Crippen LogP contribution in [-0.4, -0.2) is 0 Å². The summed E-state index contributed by atoms with van der Waals surface area (Å²) in [6, 6.07) is 72.2. The Hall–Kier alpha value is -7.22. The van der Waals surface area contributed by atoms with E-state index in [1.165, 1.54) is 105 Å². The predicted molar refractivity (Wildman–Crippen MR) is 232 cm³/mol. The second-order valence-electron chi connectivity index (χ2n) is 15.5. The van der Waals surface area contributed by atoms with Crippen LogP contribution in [0.25, 0.3) is 88.0 Å². The number of benzene rings is 10. The first-order chi connectivity index (χ1) is 27.8. The molecule has 258 valence electrons. The highest BCUT2D eigenvalue weighted by atomic mass is 16.5. The molecule has 1 heteroatoms. The summed E-state index contributed by atoms with van der Waals surface area (Å²) in [4.78, 5) is 0. The van der Waals surface area contributed by atoms with Gasteiger partial charge in [0.2, 0.25) is 0 Å². The van der Waals surface area contributed by atoms with Gasteiger partial charge in [0.25, 0.3) is 0 Å². The van der Waals surface area contributed by atoms with Crippen molar-refractivity contribution >= 4 is 32.3 Å². The lowest BCUT2D eigenvalue weighted by Crippen LogP contribution is -2.26. The topological polar surface area (TPSA) is 9.23 Å². The zero-order valence-corrected chi connectivity index (χ0v) is 30.4. The minimum absolute atomic E-state index is 0.518.